The lowest BCUT2D eigenvalue weighted by Crippen LogP contribution is -2.53. The van der Waals surface area contributed by atoms with E-state index in [0.29, 0.717) is 41.8 Å². The number of epoxide rings is 1. The molecule has 0 spiro atoms. The second-order valence-electron chi connectivity index (χ2n) is 24.4. The van der Waals surface area contributed by atoms with Crippen molar-refractivity contribution in [2.24, 2.45) is 23.5 Å². The highest BCUT2D eigenvalue weighted by molar-refractivity contribution is 6.34. The number of imide groups is 1. The zero-order chi connectivity index (χ0) is 65.2. The number of hydrogen-bond acceptors (Lipinski definition) is 16. The number of urea groups is 1. The van der Waals surface area contributed by atoms with Crippen LogP contribution in [0.2, 0.25) is 5.02 Å². The van der Waals surface area contributed by atoms with Gasteiger partial charge < -0.3 is 55.5 Å². The minimum Gasteiger partial charge on any atom is -0.462 e. The van der Waals surface area contributed by atoms with Crippen LogP contribution in [0.25, 0.3) is 10.9 Å². The minimum absolute atomic E-state index is 0.0156. The van der Waals surface area contributed by atoms with Gasteiger partial charge in [-0.3, -0.25) is 48.2 Å². The second-order valence-corrected chi connectivity index (χ2v) is 24.7. The number of aromatic nitrogens is 1. The molecule has 480 valence electrons. The molecular formula is C65H83ClN8O15. The van der Waals surface area contributed by atoms with E-state index in [-0.39, 0.29) is 91.9 Å². The number of anilines is 2. The maximum Gasteiger partial charge on any atom is 0.328 e. The molecule has 10 atom stereocenters. The van der Waals surface area contributed by atoms with E-state index < -0.39 is 108 Å². The molecule has 4 aliphatic heterocycles. The number of methoxy groups -OCH3 is 1. The third-order valence-electron chi connectivity index (χ3n) is 17.4. The number of Topliss-reactive ketones (excluding diaryl/α,β-unsaturated/α-hetero) is 1. The molecule has 0 radical (unpaired) electrons. The number of rotatable bonds is 22. The molecule has 24 heteroatoms. The number of benzene rings is 2. The van der Waals surface area contributed by atoms with E-state index in [1.807, 2.05) is 32.1 Å². The first-order valence-corrected chi connectivity index (χ1v) is 30.5. The molecule has 4 aliphatic rings. The van der Waals surface area contributed by atoms with Crippen molar-refractivity contribution in [2.75, 3.05) is 44.5 Å². The molecule has 7 rings (SSSR count). The molecule has 1 aromatic heterocycles. The summed E-state index contributed by atoms with van der Waals surface area (Å²) in [5, 5.41) is 20.9. The molecule has 4 bridgehead atoms. The first-order chi connectivity index (χ1) is 42.1. The molecule has 0 saturated carbocycles. The summed E-state index contributed by atoms with van der Waals surface area (Å²) >= 11 is 6.89. The summed E-state index contributed by atoms with van der Waals surface area (Å²) in [6, 6.07) is 6.64. The van der Waals surface area contributed by atoms with E-state index in [2.05, 4.69) is 20.9 Å². The summed E-state index contributed by atoms with van der Waals surface area (Å²) in [6.45, 7) is 12.6. The highest BCUT2D eigenvalue weighted by Crippen LogP contribution is 2.50. The molecule has 2 fully saturated rings. The van der Waals surface area contributed by atoms with Crippen molar-refractivity contribution in [3.8, 4) is 0 Å². The normalized spacial score (nSPS) is 24.8. The molecule has 0 unspecified atom stereocenters. The number of nitrogens with two attached hydrogens (primary N) is 1. The summed E-state index contributed by atoms with van der Waals surface area (Å²) in [5.41, 5.74) is 5.69. The van der Waals surface area contributed by atoms with Gasteiger partial charge in [-0.15, -0.1) is 0 Å². The number of allylic oxidation sites excluding steroid dienone is 3. The quantitative estimate of drug-likeness (QED) is 0.0310. The Morgan fingerprint density at radius 2 is 1.71 bits per heavy atom. The summed E-state index contributed by atoms with van der Waals surface area (Å²) < 4.78 is 24.3. The van der Waals surface area contributed by atoms with Crippen LogP contribution in [0.15, 0.2) is 78.5 Å². The maximum atomic E-state index is 14.7. The lowest BCUT2D eigenvalue weighted by atomic mass is 9.78. The van der Waals surface area contributed by atoms with Crippen LogP contribution in [0.3, 0.4) is 0 Å². The van der Waals surface area contributed by atoms with Crippen LogP contribution in [0, 0.1) is 24.7 Å². The van der Waals surface area contributed by atoms with Gasteiger partial charge in [0.15, 0.2) is 0 Å². The highest BCUT2D eigenvalue weighted by atomic mass is 35.5. The number of carbonyl (C=O) groups is 10. The SMILES string of the molecule is CO[C@@H]1/C=C/C=C(\C)Cc2cc(C)c(Cl)c(c2)N(C)C(=O)C[C@H](OC(=O)[C@H](C)N(C)C(=O)c2ccc(NC(=O)[C@H](CCCNC(N)=O)NC(=O)[C@@H](CC(=O)CCCCCN3C(=O)C=CC3=O)C(C)C)c3ncccc23)[C@]2(C)O[C@H]2[C@H](C)[C@@H]2C[C@@]1(O)CC(=O)O2. The van der Waals surface area contributed by atoms with Gasteiger partial charge in [-0.1, -0.05) is 74.7 Å². The van der Waals surface area contributed by atoms with Crippen LogP contribution in [-0.2, 0) is 63.7 Å². The number of fused-ring (bicyclic) bond motifs is 6. The van der Waals surface area contributed by atoms with E-state index in [1.54, 1.807) is 59.0 Å². The Bertz CT molecular complexity index is 3310. The number of carbonyl (C=O) groups excluding carboxylic acids is 10. The van der Waals surface area contributed by atoms with E-state index in [9.17, 15) is 53.1 Å². The molecule has 8 amide bonds. The Balaban J connectivity index is 1.08. The van der Waals surface area contributed by atoms with Gasteiger partial charge in [0, 0.05) is 94.7 Å². The zero-order valence-electron chi connectivity index (χ0n) is 52.2. The van der Waals surface area contributed by atoms with E-state index in [4.69, 9.17) is 36.3 Å². The van der Waals surface area contributed by atoms with E-state index >= 15 is 0 Å². The van der Waals surface area contributed by atoms with Crippen molar-refractivity contribution in [2.45, 2.75) is 167 Å². The Hall–Kier alpha value is -7.86. The van der Waals surface area contributed by atoms with Crippen molar-refractivity contribution < 1.29 is 72.0 Å². The van der Waals surface area contributed by atoms with Gasteiger partial charge in [0.25, 0.3) is 17.7 Å². The molecule has 3 aromatic rings. The van der Waals surface area contributed by atoms with Gasteiger partial charge in [0.2, 0.25) is 17.7 Å². The number of nitrogens with one attached hydrogen (secondary N) is 3. The first kappa shape index (κ1) is 68.6. The summed E-state index contributed by atoms with van der Waals surface area (Å²) in [5.74, 6) is -6.47. The number of nitrogens with zero attached hydrogens (tertiary/aromatic N) is 4. The number of unbranched alkanes of at least 4 members (excludes halogenated alkanes) is 2. The fourth-order valence-electron chi connectivity index (χ4n) is 11.8. The number of aryl methyl sites for hydroxylation is 1. The highest BCUT2D eigenvalue weighted by Gasteiger charge is 2.64. The summed E-state index contributed by atoms with van der Waals surface area (Å²) in [4.78, 5) is 142. The van der Waals surface area contributed by atoms with Crippen molar-refractivity contribution in [3.05, 3.63) is 100 Å². The standard InChI is InChI=1S/C65H83ClN8O15/c1-36(2)45(32-42(75)18-12-11-13-28-74-52(76)24-25-53(74)77)59(80)71-47(20-16-27-69-63(67)84)60(81)70-46-23-22-44(43-19-15-26-68-57(43)46)61(82)72(8)40(6)62(83)88-51-33-54(78)73(9)48-31-41(30-38(4)56(48)66)29-37(3)17-14-21-50(86-10)65(85)34-49(87-55(79)35-65)39(5)58-64(51,7)89-58/h14-15,17,19,21-26,30-31,36,39-40,45,47,49-51,58,85H,11-13,16,18,20,27-29,32-35H2,1-10H3,(H,70,81)(H,71,80)(H3,67,69,84)/b21-14+,37-17+/t39-,40+,45+,47+,49+,50-,51+,58+,64+,65-/m1/s1. The average molecular weight is 1250 g/mol. The number of esters is 2. The predicted octanol–water partition coefficient (Wildman–Crippen LogP) is 6.51. The molecule has 6 N–H and O–H groups in total. The number of ketones is 1. The number of ether oxygens (including phenoxy) is 4. The van der Waals surface area contributed by atoms with Gasteiger partial charge in [0.05, 0.1) is 40.9 Å². The third-order valence-corrected chi connectivity index (χ3v) is 17.9. The topological polar surface area (TPSA) is 316 Å². The van der Waals surface area contributed by atoms with E-state index in [0.717, 1.165) is 21.6 Å². The van der Waals surface area contributed by atoms with E-state index in [1.165, 1.54) is 61.4 Å². The maximum absolute atomic E-state index is 14.7. The van der Waals surface area contributed by atoms with Crippen LogP contribution in [0.1, 0.15) is 127 Å². The fourth-order valence-corrected chi connectivity index (χ4v) is 12.0. The summed E-state index contributed by atoms with van der Waals surface area (Å²) in [7, 11) is 4.43. The molecule has 2 saturated heterocycles. The van der Waals surface area contributed by atoms with Crippen molar-refractivity contribution in [1.82, 2.24) is 25.4 Å². The van der Waals surface area contributed by atoms with Crippen LogP contribution >= 0.6 is 11.6 Å². The molecule has 2 aromatic carbocycles. The largest absolute Gasteiger partial charge is 0.462 e. The summed E-state index contributed by atoms with van der Waals surface area (Å²) in [6.07, 6.45) is 7.07. The van der Waals surface area contributed by atoms with Gasteiger partial charge in [-0.05, 0) is 101 Å². The second kappa shape index (κ2) is 29.6. The number of hydrogen-bond donors (Lipinski definition) is 5. The number of halogens is 1. The van der Waals surface area contributed by atoms with Crippen LogP contribution in [0.4, 0.5) is 16.2 Å². The fraction of sp³-hybridized carbons (Fsp3) is 0.523. The molecule has 89 heavy (non-hydrogen) atoms. The number of pyridine rings is 1. The zero-order valence-corrected chi connectivity index (χ0v) is 53.0. The molecular weight excluding hydrogens is 1170 g/mol. The monoisotopic (exact) mass is 1250 g/mol. The lowest BCUT2D eigenvalue weighted by Gasteiger charge is -2.41. The first-order valence-electron chi connectivity index (χ1n) is 30.1. The molecule has 0 aliphatic carbocycles. The van der Waals surface area contributed by atoms with Crippen molar-refractivity contribution in [1.29, 1.82) is 0 Å². The van der Waals surface area contributed by atoms with Crippen LogP contribution in [-0.4, -0.2) is 161 Å². The van der Waals surface area contributed by atoms with Gasteiger partial charge in [-0.2, -0.15) is 0 Å². The Kier molecular flexibility index (Phi) is 22.9. The van der Waals surface area contributed by atoms with Gasteiger partial charge in [0.1, 0.15) is 47.4 Å². The van der Waals surface area contributed by atoms with Gasteiger partial charge in [-0.25, -0.2) is 9.59 Å². The smallest absolute Gasteiger partial charge is 0.328 e. The third kappa shape index (κ3) is 16.7. The van der Waals surface area contributed by atoms with Crippen molar-refractivity contribution in [3.63, 3.8) is 0 Å². The Labute approximate surface area is 523 Å². The average Bonchev–Trinajstić information content (AvgIpc) is 1.71. The van der Waals surface area contributed by atoms with Gasteiger partial charge >= 0.3 is 18.0 Å². The van der Waals surface area contributed by atoms with Crippen molar-refractivity contribution >= 4 is 93.1 Å². The Morgan fingerprint density at radius 1 is 0.989 bits per heavy atom. The van der Waals surface area contributed by atoms with Crippen LogP contribution in [0.5, 0.6) is 0 Å². The lowest BCUT2D eigenvalue weighted by molar-refractivity contribution is -0.187. The molecule has 23 nitrogen and oxygen atoms in total. The number of amides is 8. The minimum atomic E-state index is -1.66. The number of aliphatic hydroxyl groups is 1. The Morgan fingerprint density at radius 3 is 2.39 bits per heavy atom. The molecule has 5 heterocycles. The number of likely N-dealkylation sites (N-methyl/N-ethyl adjacent to an activating group) is 1. The number of primary amides is 1. The van der Waals surface area contributed by atoms with Crippen LogP contribution < -0.4 is 26.6 Å². The predicted molar refractivity (Wildman–Crippen MR) is 331 cm³/mol.